The average Bonchev–Trinajstić information content (AvgIpc) is 2.78. The van der Waals surface area contributed by atoms with E-state index in [1.54, 1.807) is 18.4 Å². The largest absolute Gasteiger partial charge is 0.486 e. The SMILES string of the molecule is O=[N+]([O-])c1ccc(OCc2ccco2)cc1Cl. The Kier molecular flexibility index (Phi) is 3.30. The first-order chi connectivity index (χ1) is 8.16. The van der Waals surface area contributed by atoms with Crippen LogP contribution in [0.5, 0.6) is 5.75 Å². The molecule has 0 atom stereocenters. The molecule has 0 aliphatic heterocycles. The van der Waals surface area contributed by atoms with E-state index in [2.05, 4.69) is 0 Å². The molecule has 0 bridgehead atoms. The molecule has 6 heteroatoms. The zero-order chi connectivity index (χ0) is 12.3. The van der Waals surface area contributed by atoms with E-state index in [0.29, 0.717) is 11.5 Å². The Balaban J connectivity index is 2.07. The van der Waals surface area contributed by atoms with Crippen LogP contribution in [0.1, 0.15) is 5.76 Å². The van der Waals surface area contributed by atoms with E-state index >= 15 is 0 Å². The summed E-state index contributed by atoms with van der Waals surface area (Å²) in [6, 6.07) is 7.73. The summed E-state index contributed by atoms with van der Waals surface area (Å²) >= 11 is 5.74. The number of benzene rings is 1. The Hall–Kier alpha value is -2.01. The molecule has 0 N–H and O–H groups in total. The first kappa shape index (κ1) is 11.5. The lowest BCUT2D eigenvalue weighted by Crippen LogP contribution is -1.95. The van der Waals surface area contributed by atoms with Crippen LogP contribution in [0.3, 0.4) is 0 Å². The number of hydrogen-bond acceptors (Lipinski definition) is 4. The molecule has 5 nitrogen and oxygen atoms in total. The van der Waals surface area contributed by atoms with Crippen molar-refractivity contribution in [2.75, 3.05) is 0 Å². The molecule has 0 saturated heterocycles. The van der Waals surface area contributed by atoms with Gasteiger partial charge in [0.1, 0.15) is 23.1 Å². The third-order valence-corrected chi connectivity index (χ3v) is 2.38. The van der Waals surface area contributed by atoms with E-state index in [9.17, 15) is 10.1 Å². The minimum absolute atomic E-state index is 0.0481. The first-order valence-electron chi connectivity index (χ1n) is 4.76. The van der Waals surface area contributed by atoms with Crippen molar-refractivity contribution in [1.82, 2.24) is 0 Å². The second kappa shape index (κ2) is 4.88. The van der Waals surface area contributed by atoms with Crippen molar-refractivity contribution in [3.63, 3.8) is 0 Å². The number of hydrogen-bond donors (Lipinski definition) is 0. The summed E-state index contributed by atoms with van der Waals surface area (Å²) in [7, 11) is 0. The highest BCUT2D eigenvalue weighted by molar-refractivity contribution is 6.32. The molecule has 1 heterocycles. The monoisotopic (exact) mass is 253 g/mol. The number of nitro benzene ring substituents is 1. The van der Waals surface area contributed by atoms with Gasteiger partial charge in [0.15, 0.2) is 0 Å². The van der Waals surface area contributed by atoms with Gasteiger partial charge in [0, 0.05) is 12.1 Å². The summed E-state index contributed by atoms with van der Waals surface area (Å²) in [6.45, 7) is 0.251. The molecular formula is C11H8ClNO4. The highest BCUT2D eigenvalue weighted by atomic mass is 35.5. The number of furan rings is 1. The molecule has 0 radical (unpaired) electrons. The summed E-state index contributed by atoms with van der Waals surface area (Å²) in [5.74, 6) is 1.12. The summed E-state index contributed by atoms with van der Waals surface area (Å²) in [6.07, 6.45) is 1.54. The lowest BCUT2D eigenvalue weighted by molar-refractivity contribution is -0.384. The normalized spacial score (nSPS) is 10.2. The predicted molar refractivity (Wildman–Crippen MR) is 61.1 cm³/mol. The first-order valence-corrected chi connectivity index (χ1v) is 5.14. The molecule has 88 valence electrons. The van der Waals surface area contributed by atoms with Crippen molar-refractivity contribution in [2.45, 2.75) is 6.61 Å². The molecule has 0 saturated carbocycles. The maximum atomic E-state index is 10.5. The van der Waals surface area contributed by atoms with Gasteiger partial charge in [-0.15, -0.1) is 0 Å². The molecule has 1 aromatic carbocycles. The Morgan fingerprint density at radius 3 is 2.82 bits per heavy atom. The Morgan fingerprint density at radius 1 is 1.41 bits per heavy atom. The number of nitro groups is 1. The molecule has 17 heavy (non-hydrogen) atoms. The second-order valence-electron chi connectivity index (χ2n) is 3.24. The van der Waals surface area contributed by atoms with Gasteiger partial charge in [0.05, 0.1) is 11.2 Å². The van der Waals surface area contributed by atoms with Gasteiger partial charge in [-0.25, -0.2) is 0 Å². The van der Waals surface area contributed by atoms with E-state index in [1.807, 2.05) is 0 Å². The van der Waals surface area contributed by atoms with E-state index < -0.39 is 4.92 Å². The molecule has 2 rings (SSSR count). The lowest BCUT2D eigenvalue weighted by atomic mass is 10.3. The Labute approximate surface area is 102 Å². The molecule has 0 unspecified atom stereocenters. The summed E-state index contributed by atoms with van der Waals surface area (Å²) in [4.78, 5) is 10.00. The molecule has 1 aromatic heterocycles. The van der Waals surface area contributed by atoms with Crippen LogP contribution in [0.25, 0.3) is 0 Å². The molecule has 0 spiro atoms. The Morgan fingerprint density at radius 2 is 2.24 bits per heavy atom. The third-order valence-electron chi connectivity index (χ3n) is 2.08. The quantitative estimate of drug-likeness (QED) is 0.618. The molecule has 0 fully saturated rings. The van der Waals surface area contributed by atoms with Crippen molar-refractivity contribution >= 4 is 17.3 Å². The van der Waals surface area contributed by atoms with Gasteiger partial charge in [-0.2, -0.15) is 0 Å². The fourth-order valence-corrected chi connectivity index (χ4v) is 1.51. The van der Waals surface area contributed by atoms with Crippen LogP contribution in [0, 0.1) is 10.1 Å². The molecule has 0 aliphatic rings. The maximum Gasteiger partial charge on any atom is 0.288 e. The van der Waals surface area contributed by atoms with Gasteiger partial charge in [0.25, 0.3) is 5.69 Å². The molecule has 0 aliphatic carbocycles. The van der Waals surface area contributed by atoms with E-state index in [1.165, 1.54) is 18.2 Å². The van der Waals surface area contributed by atoms with Crippen molar-refractivity contribution in [1.29, 1.82) is 0 Å². The number of rotatable bonds is 4. The Bertz CT molecular complexity index is 524. The van der Waals surface area contributed by atoms with Gasteiger partial charge < -0.3 is 9.15 Å². The number of halogens is 1. The number of nitrogens with zero attached hydrogens (tertiary/aromatic N) is 1. The van der Waals surface area contributed by atoms with Crippen LogP contribution in [0.2, 0.25) is 5.02 Å². The average molecular weight is 254 g/mol. The highest BCUT2D eigenvalue weighted by Crippen LogP contribution is 2.28. The van der Waals surface area contributed by atoms with Crippen LogP contribution in [0.15, 0.2) is 41.0 Å². The molecule has 0 amide bonds. The van der Waals surface area contributed by atoms with E-state index in [0.717, 1.165) is 0 Å². The topological polar surface area (TPSA) is 65.5 Å². The van der Waals surface area contributed by atoms with E-state index in [-0.39, 0.29) is 17.3 Å². The van der Waals surface area contributed by atoms with Crippen molar-refractivity contribution in [3.8, 4) is 5.75 Å². The van der Waals surface area contributed by atoms with Crippen LogP contribution < -0.4 is 4.74 Å². The zero-order valence-electron chi connectivity index (χ0n) is 8.63. The smallest absolute Gasteiger partial charge is 0.288 e. The summed E-state index contributed by atoms with van der Waals surface area (Å²) in [5, 5.41) is 10.6. The van der Waals surface area contributed by atoms with Gasteiger partial charge in [0.2, 0.25) is 0 Å². The minimum atomic E-state index is -0.543. The van der Waals surface area contributed by atoms with Crippen molar-refractivity contribution < 1.29 is 14.1 Å². The third kappa shape index (κ3) is 2.76. The van der Waals surface area contributed by atoms with Gasteiger partial charge in [-0.05, 0) is 18.2 Å². The minimum Gasteiger partial charge on any atom is -0.486 e. The van der Waals surface area contributed by atoms with Crippen LogP contribution >= 0.6 is 11.6 Å². The maximum absolute atomic E-state index is 10.5. The van der Waals surface area contributed by atoms with Crippen LogP contribution in [0.4, 0.5) is 5.69 Å². The summed E-state index contributed by atoms with van der Waals surface area (Å²) < 4.78 is 10.4. The van der Waals surface area contributed by atoms with Crippen LogP contribution in [-0.2, 0) is 6.61 Å². The summed E-state index contributed by atoms with van der Waals surface area (Å²) in [5.41, 5.74) is -0.142. The number of ether oxygens (including phenoxy) is 1. The molecule has 2 aromatic rings. The zero-order valence-corrected chi connectivity index (χ0v) is 9.39. The standard InChI is InChI=1S/C11H8ClNO4/c12-10-6-8(3-4-11(10)13(14)15)17-7-9-2-1-5-16-9/h1-6H,7H2. The van der Waals surface area contributed by atoms with Crippen LogP contribution in [-0.4, -0.2) is 4.92 Å². The fourth-order valence-electron chi connectivity index (χ4n) is 1.27. The van der Waals surface area contributed by atoms with Crippen molar-refractivity contribution in [3.05, 3.63) is 57.5 Å². The van der Waals surface area contributed by atoms with Gasteiger partial charge >= 0.3 is 0 Å². The van der Waals surface area contributed by atoms with E-state index in [4.69, 9.17) is 20.8 Å². The predicted octanol–water partition coefficient (Wildman–Crippen LogP) is 3.42. The fraction of sp³-hybridized carbons (Fsp3) is 0.0909. The highest BCUT2D eigenvalue weighted by Gasteiger charge is 2.12. The van der Waals surface area contributed by atoms with Crippen molar-refractivity contribution in [2.24, 2.45) is 0 Å². The van der Waals surface area contributed by atoms with Gasteiger partial charge in [-0.1, -0.05) is 11.6 Å². The second-order valence-corrected chi connectivity index (χ2v) is 3.65. The molecular weight excluding hydrogens is 246 g/mol. The lowest BCUT2D eigenvalue weighted by Gasteiger charge is -2.04. The van der Waals surface area contributed by atoms with Gasteiger partial charge in [-0.3, -0.25) is 10.1 Å².